The Morgan fingerprint density at radius 1 is 0.538 bits per heavy atom. The summed E-state index contributed by atoms with van der Waals surface area (Å²) in [7, 11) is -0.0136. The monoisotopic (exact) mass is 198 g/mol. The van der Waals surface area contributed by atoms with E-state index >= 15 is 0 Å². The van der Waals surface area contributed by atoms with Crippen LogP contribution in [0.5, 0.6) is 0 Å². The standard InChI is InChI=1S/C10H22N2Si/c1-3-7-11(8-4-1)13-12-9-5-2-6-10-12/h1-10,13H2. The van der Waals surface area contributed by atoms with Crippen molar-refractivity contribution < 1.29 is 0 Å². The summed E-state index contributed by atoms with van der Waals surface area (Å²) in [6.45, 7) is 5.62. The molecule has 2 rings (SSSR count). The van der Waals surface area contributed by atoms with Gasteiger partial charge < -0.3 is 9.13 Å². The summed E-state index contributed by atoms with van der Waals surface area (Å²) in [5.74, 6) is 0. The molecule has 2 fully saturated rings. The maximum absolute atomic E-state index is 2.77. The third-order valence-electron chi connectivity index (χ3n) is 3.30. The maximum Gasteiger partial charge on any atom is 0.173 e. The number of rotatable bonds is 2. The van der Waals surface area contributed by atoms with E-state index in [1.54, 1.807) is 0 Å². The lowest BCUT2D eigenvalue weighted by atomic mass is 10.2. The van der Waals surface area contributed by atoms with Crippen LogP contribution in [0.2, 0.25) is 0 Å². The fourth-order valence-corrected chi connectivity index (χ4v) is 4.51. The molecule has 0 amide bonds. The Hall–Kier alpha value is 0.137. The Balaban J connectivity index is 1.69. The molecule has 0 aliphatic carbocycles. The van der Waals surface area contributed by atoms with E-state index < -0.39 is 0 Å². The second-order valence-corrected chi connectivity index (χ2v) is 6.57. The van der Waals surface area contributed by atoms with Crippen LogP contribution in [-0.4, -0.2) is 45.2 Å². The molecule has 2 nitrogen and oxygen atoms in total. The quantitative estimate of drug-likeness (QED) is 0.610. The SMILES string of the molecule is C1CCN([SiH2]N2CCCCC2)CC1. The third kappa shape index (κ3) is 3.08. The van der Waals surface area contributed by atoms with Gasteiger partial charge in [-0.1, -0.05) is 12.8 Å². The summed E-state index contributed by atoms with van der Waals surface area (Å²) < 4.78 is 5.55. The molecule has 0 saturated carbocycles. The summed E-state index contributed by atoms with van der Waals surface area (Å²) >= 11 is 0. The molecule has 0 aromatic heterocycles. The molecule has 76 valence electrons. The van der Waals surface area contributed by atoms with Gasteiger partial charge in [-0.3, -0.25) is 0 Å². The highest BCUT2D eigenvalue weighted by Gasteiger charge is 2.16. The molecular formula is C10H22N2Si. The first kappa shape index (κ1) is 9.68. The number of nitrogens with zero attached hydrogens (tertiary/aromatic N) is 2. The minimum atomic E-state index is -0.0136. The third-order valence-corrected chi connectivity index (χ3v) is 5.36. The molecule has 0 N–H and O–H groups in total. The zero-order valence-corrected chi connectivity index (χ0v) is 10.1. The topological polar surface area (TPSA) is 6.48 Å². The molecule has 0 bridgehead atoms. The van der Waals surface area contributed by atoms with E-state index in [4.69, 9.17) is 0 Å². The van der Waals surface area contributed by atoms with Gasteiger partial charge in [0.05, 0.1) is 0 Å². The highest BCUT2D eigenvalue weighted by atomic mass is 28.2. The van der Waals surface area contributed by atoms with Crippen LogP contribution in [0.4, 0.5) is 0 Å². The number of hydrogen-bond acceptors (Lipinski definition) is 2. The molecule has 2 saturated heterocycles. The molecule has 0 aromatic carbocycles. The fourth-order valence-electron chi connectivity index (χ4n) is 2.48. The van der Waals surface area contributed by atoms with Crippen LogP contribution in [0.3, 0.4) is 0 Å². The molecule has 2 aliphatic heterocycles. The minimum Gasteiger partial charge on any atom is -0.317 e. The predicted molar refractivity (Wildman–Crippen MR) is 59.4 cm³/mol. The van der Waals surface area contributed by atoms with Crippen molar-refractivity contribution in [1.29, 1.82) is 0 Å². The van der Waals surface area contributed by atoms with E-state index in [0.717, 1.165) is 0 Å². The van der Waals surface area contributed by atoms with Gasteiger partial charge in [0.1, 0.15) is 0 Å². The second-order valence-electron chi connectivity index (χ2n) is 4.50. The van der Waals surface area contributed by atoms with Gasteiger partial charge in [0, 0.05) is 0 Å². The Morgan fingerprint density at radius 3 is 1.31 bits per heavy atom. The van der Waals surface area contributed by atoms with Crippen molar-refractivity contribution in [2.75, 3.05) is 26.2 Å². The lowest BCUT2D eigenvalue weighted by Gasteiger charge is -2.34. The highest BCUT2D eigenvalue weighted by Crippen LogP contribution is 2.11. The van der Waals surface area contributed by atoms with Crippen molar-refractivity contribution >= 4 is 9.84 Å². The normalized spacial score (nSPS) is 27.7. The predicted octanol–water partition coefficient (Wildman–Crippen LogP) is 0.957. The van der Waals surface area contributed by atoms with Crippen LogP contribution in [0.1, 0.15) is 38.5 Å². The molecule has 2 heterocycles. The van der Waals surface area contributed by atoms with E-state index in [9.17, 15) is 0 Å². The van der Waals surface area contributed by atoms with E-state index in [2.05, 4.69) is 9.13 Å². The molecule has 3 heteroatoms. The molecule has 0 aromatic rings. The first-order valence-electron chi connectivity index (χ1n) is 5.90. The van der Waals surface area contributed by atoms with Crippen LogP contribution < -0.4 is 0 Å². The Bertz CT molecular complexity index is 124. The van der Waals surface area contributed by atoms with E-state index in [-0.39, 0.29) is 9.84 Å². The van der Waals surface area contributed by atoms with Gasteiger partial charge in [-0.2, -0.15) is 0 Å². The smallest absolute Gasteiger partial charge is 0.173 e. The van der Waals surface area contributed by atoms with Crippen molar-refractivity contribution in [3.8, 4) is 0 Å². The van der Waals surface area contributed by atoms with Gasteiger partial charge in [-0.05, 0) is 51.9 Å². The van der Waals surface area contributed by atoms with Crippen LogP contribution in [0.25, 0.3) is 0 Å². The molecule has 0 radical (unpaired) electrons. The summed E-state index contributed by atoms with van der Waals surface area (Å²) in [5, 5.41) is 0. The first-order valence-corrected chi connectivity index (χ1v) is 7.16. The highest BCUT2D eigenvalue weighted by molar-refractivity contribution is 6.28. The number of piperidine rings is 2. The average Bonchev–Trinajstić information content (AvgIpc) is 2.21. The fraction of sp³-hybridized carbons (Fsp3) is 1.00. The van der Waals surface area contributed by atoms with E-state index in [1.807, 2.05) is 0 Å². The van der Waals surface area contributed by atoms with Crippen LogP contribution >= 0.6 is 0 Å². The lowest BCUT2D eigenvalue weighted by molar-refractivity contribution is 0.294. The molecule has 0 spiro atoms. The molecule has 0 atom stereocenters. The lowest BCUT2D eigenvalue weighted by Crippen LogP contribution is -2.45. The van der Waals surface area contributed by atoms with E-state index in [0.29, 0.717) is 0 Å². The molecular weight excluding hydrogens is 176 g/mol. The van der Waals surface area contributed by atoms with Crippen molar-refractivity contribution in [2.45, 2.75) is 38.5 Å². The van der Waals surface area contributed by atoms with Crippen molar-refractivity contribution in [2.24, 2.45) is 0 Å². The molecule has 13 heavy (non-hydrogen) atoms. The largest absolute Gasteiger partial charge is 0.317 e. The van der Waals surface area contributed by atoms with Crippen molar-refractivity contribution in [3.63, 3.8) is 0 Å². The van der Waals surface area contributed by atoms with Gasteiger partial charge in [-0.25, -0.2) is 0 Å². The van der Waals surface area contributed by atoms with Gasteiger partial charge in [-0.15, -0.1) is 0 Å². The van der Waals surface area contributed by atoms with Crippen LogP contribution in [0, 0.1) is 0 Å². The molecule has 0 unspecified atom stereocenters. The minimum absolute atomic E-state index is 0.0136. The summed E-state index contributed by atoms with van der Waals surface area (Å²) in [4.78, 5) is 0. The Kier molecular flexibility index (Phi) is 3.82. The van der Waals surface area contributed by atoms with Gasteiger partial charge in [0.25, 0.3) is 0 Å². The van der Waals surface area contributed by atoms with Crippen LogP contribution in [-0.2, 0) is 0 Å². The van der Waals surface area contributed by atoms with Crippen molar-refractivity contribution in [1.82, 2.24) is 9.13 Å². The summed E-state index contributed by atoms with van der Waals surface area (Å²) in [6, 6.07) is 0. The second kappa shape index (κ2) is 5.13. The summed E-state index contributed by atoms with van der Waals surface area (Å²) in [6.07, 6.45) is 8.79. The summed E-state index contributed by atoms with van der Waals surface area (Å²) in [5.41, 5.74) is 0. The zero-order valence-electron chi connectivity index (χ0n) is 8.67. The van der Waals surface area contributed by atoms with Gasteiger partial charge in [0.15, 0.2) is 9.84 Å². The van der Waals surface area contributed by atoms with Gasteiger partial charge >= 0.3 is 0 Å². The van der Waals surface area contributed by atoms with Crippen LogP contribution in [0.15, 0.2) is 0 Å². The Morgan fingerprint density at radius 2 is 0.923 bits per heavy atom. The first-order chi connectivity index (χ1) is 6.45. The molecule has 2 aliphatic rings. The average molecular weight is 198 g/mol. The number of hydrogen-bond donors (Lipinski definition) is 0. The van der Waals surface area contributed by atoms with Crippen molar-refractivity contribution in [3.05, 3.63) is 0 Å². The van der Waals surface area contributed by atoms with E-state index in [1.165, 1.54) is 64.7 Å². The zero-order chi connectivity index (χ0) is 8.93. The Labute approximate surface area is 84.3 Å². The maximum atomic E-state index is 2.77. The van der Waals surface area contributed by atoms with Gasteiger partial charge in [0.2, 0.25) is 0 Å².